The van der Waals surface area contributed by atoms with E-state index in [1.54, 1.807) is 12.1 Å². The highest BCUT2D eigenvalue weighted by molar-refractivity contribution is 5.94. The van der Waals surface area contributed by atoms with Gasteiger partial charge in [0.05, 0.1) is 24.8 Å². The molecule has 3 N–H and O–H groups in total. The average molecular weight is 514 g/mol. The molecule has 1 amide bonds. The van der Waals surface area contributed by atoms with Gasteiger partial charge in [-0.3, -0.25) is 4.79 Å². The van der Waals surface area contributed by atoms with Gasteiger partial charge in [0, 0.05) is 24.6 Å². The van der Waals surface area contributed by atoms with Crippen molar-refractivity contribution in [1.29, 1.82) is 0 Å². The molecule has 0 spiro atoms. The number of hydrogen-bond acceptors (Lipinski definition) is 6. The molecule has 1 aromatic carbocycles. The number of nitrogens with one attached hydrogen (secondary N) is 2. The van der Waals surface area contributed by atoms with Crippen LogP contribution in [0.15, 0.2) is 34.9 Å². The molecule has 37 heavy (non-hydrogen) atoms. The topological polar surface area (TPSA) is 96.6 Å². The zero-order valence-corrected chi connectivity index (χ0v) is 23.4. The molecule has 0 saturated heterocycles. The second-order valence-corrected chi connectivity index (χ2v) is 12.0. The zero-order valence-electron chi connectivity index (χ0n) is 23.4. The van der Waals surface area contributed by atoms with Crippen molar-refractivity contribution in [2.45, 2.75) is 104 Å². The van der Waals surface area contributed by atoms with Crippen LogP contribution in [0.3, 0.4) is 0 Å². The molecule has 7 nitrogen and oxygen atoms in total. The van der Waals surface area contributed by atoms with E-state index in [-0.39, 0.29) is 23.4 Å². The minimum atomic E-state index is -0.742. The van der Waals surface area contributed by atoms with Gasteiger partial charge in [0.15, 0.2) is 0 Å². The lowest BCUT2D eigenvalue weighted by molar-refractivity contribution is 0.0786. The Balaban J connectivity index is 1.65. The van der Waals surface area contributed by atoms with Crippen molar-refractivity contribution in [3.8, 4) is 5.75 Å². The van der Waals surface area contributed by atoms with Crippen LogP contribution in [-0.4, -0.2) is 41.5 Å². The van der Waals surface area contributed by atoms with Crippen molar-refractivity contribution in [2.75, 3.05) is 13.2 Å². The van der Waals surface area contributed by atoms with Crippen LogP contribution >= 0.6 is 0 Å². The van der Waals surface area contributed by atoms with Gasteiger partial charge < -0.3 is 25.0 Å². The van der Waals surface area contributed by atoms with Crippen LogP contribution in [0.5, 0.6) is 5.75 Å². The Morgan fingerprint density at radius 1 is 1.16 bits per heavy atom. The Bertz CT molecular complexity index is 968. The number of fused-ring (bicyclic) bond motifs is 2. The molecular formula is C30H47N3O4. The monoisotopic (exact) mass is 513 g/mol. The molecule has 2 heterocycles. The molecule has 7 heteroatoms. The van der Waals surface area contributed by atoms with Crippen molar-refractivity contribution in [2.24, 2.45) is 11.3 Å². The highest BCUT2D eigenvalue weighted by Crippen LogP contribution is 2.23. The Morgan fingerprint density at radius 3 is 2.70 bits per heavy atom. The van der Waals surface area contributed by atoms with Gasteiger partial charge in [-0.1, -0.05) is 71.0 Å². The summed E-state index contributed by atoms with van der Waals surface area (Å²) in [4.78, 5) is 13.1. The van der Waals surface area contributed by atoms with Crippen LogP contribution in [0, 0.1) is 11.3 Å². The van der Waals surface area contributed by atoms with Crippen LogP contribution in [0.4, 0.5) is 0 Å². The number of nitrogens with zero attached hydrogens (tertiary/aromatic N) is 1. The van der Waals surface area contributed by atoms with Gasteiger partial charge in [-0.25, -0.2) is 0 Å². The lowest BCUT2D eigenvalue weighted by Crippen LogP contribution is -2.48. The Kier molecular flexibility index (Phi) is 11.0. The molecule has 2 bridgehead atoms. The third-order valence-corrected chi connectivity index (χ3v) is 7.00. The number of carbonyl (C=O) groups is 1. The van der Waals surface area contributed by atoms with E-state index in [0.29, 0.717) is 30.4 Å². The first-order chi connectivity index (χ1) is 17.6. The lowest BCUT2D eigenvalue weighted by atomic mass is 9.91. The number of benzene rings is 1. The standard InChI is InChI=1S/C30H47N3O4/c1-21-12-9-7-6-8-10-15-36-24-14-11-13-23(17-24)29(35)32-27(16-21)28(34)20-31-22(2)26-18-25(37-33-26)19-30(3,4)5/h11,13-14,17-18,21-22,27-28,31,34H,6-10,12,15-16,19-20H2,1-5H3,(H,32,35)/t21-,22+,27+,28-/m1/s1. The molecule has 0 fully saturated rings. The van der Waals surface area contributed by atoms with Crippen LogP contribution in [0.25, 0.3) is 0 Å². The summed E-state index contributed by atoms with van der Waals surface area (Å²) in [6.45, 7) is 11.7. The molecule has 1 aliphatic rings. The molecule has 206 valence electrons. The summed E-state index contributed by atoms with van der Waals surface area (Å²) in [7, 11) is 0. The summed E-state index contributed by atoms with van der Waals surface area (Å²) in [6.07, 6.45) is 7.63. The van der Waals surface area contributed by atoms with Crippen LogP contribution < -0.4 is 15.4 Å². The Hall–Kier alpha value is -2.38. The van der Waals surface area contributed by atoms with Gasteiger partial charge in [-0.05, 0) is 49.3 Å². The summed E-state index contributed by atoms with van der Waals surface area (Å²) in [5.41, 5.74) is 1.48. The normalized spacial score (nSPS) is 22.1. The first-order valence-electron chi connectivity index (χ1n) is 14.0. The molecule has 0 saturated carbocycles. The SMILES string of the molecule is C[C@@H]1CCCCCCCOc2cccc(c2)C(=O)N[C@H]([C@H](O)CN[C@@H](C)c2cc(CC(C)(C)C)on2)C1. The van der Waals surface area contributed by atoms with Gasteiger partial charge in [-0.15, -0.1) is 0 Å². The number of carbonyl (C=O) groups excluding carboxylic acids is 1. The van der Waals surface area contributed by atoms with Gasteiger partial charge in [0.25, 0.3) is 5.91 Å². The fraction of sp³-hybridized carbons (Fsp3) is 0.667. The predicted molar refractivity (Wildman–Crippen MR) is 147 cm³/mol. The summed E-state index contributed by atoms with van der Waals surface area (Å²) in [6, 6.07) is 8.84. The minimum Gasteiger partial charge on any atom is -0.494 e. The third kappa shape index (κ3) is 10.1. The smallest absolute Gasteiger partial charge is 0.251 e. The van der Waals surface area contributed by atoms with E-state index >= 15 is 0 Å². The molecule has 1 aliphatic heterocycles. The number of aliphatic hydroxyl groups excluding tert-OH is 1. The van der Waals surface area contributed by atoms with E-state index in [1.807, 2.05) is 25.1 Å². The highest BCUT2D eigenvalue weighted by atomic mass is 16.5. The number of ether oxygens (including phenoxy) is 1. The van der Waals surface area contributed by atoms with Crippen molar-refractivity contribution in [1.82, 2.24) is 15.8 Å². The highest BCUT2D eigenvalue weighted by Gasteiger charge is 2.25. The maximum Gasteiger partial charge on any atom is 0.251 e. The number of aromatic nitrogens is 1. The quantitative estimate of drug-likeness (QED) is 0.450. The summed E-state index contributed by atoms with van der Waals surface area (Å²) >= 11 is 0. The van der Waals surface area contributed by atoms with E-state index < -0.39 is 6.10 Å². The van der Waals surface area contributed by atoms with Gasteiger partial charge in [0.1, 0.15) is 17.2 Å². The predicted octanol–water partition coefficient (Wildman–Crippen LogP) is 5.83. The molecule has 3 rings (SSSR count). The molecule has 0 unspecified atom stereocenters. The van der Waals surface area contributed by atoms with Crippen molar-refractivity contribution in [3.63, 3.8) is 0 Å². The van der Waals surface area contributed by atoms with Crippen molar-refractivity contribution >= 4 is 5.91 Å². The van der Waals surface area contributed by atoms with Gasteiger partial charge in [0.2, 0.25) is 0 Å². The van der Waals surface area contributed by atoms with E-state index in [1.165, 1.54) is 12.8 Å². The molecule has 4 atom stereocenters. The van der Waals surface area contributed by atoms with E-state index in [4.69, 9.17) is 9.26 Å². The number of rotatable bonds is 6. The lowest BCUT2D eigenvalue weighted by Gasteiger charge is -2.28. The van der Waals surface area contributed by atoms with Crippen LogP contribution in [0.1, 0.15) is 107 Å². The zero-order chi connectivity index (χ0) is 26.8. The van der Waals surface area contributed by atoms with Crippen molar-refractivity contribution in [3.05, 3.63) is 47.3 Å². The molecule has 1 aromatic heterocycles. The fourth-order valence-electron chi connectivity index (χ4n) is 4.84. The first-order valence-corrected chi connectivity index (χ1v) is 14.0. The minimum absolute atomic E-state index is 0.0831. The number of hydrogen-bond donors (Lipinski definition) is 3. The summed E-state index contributed by atoms with van der Waals surface area (Å²) in [5, 5.41) is 21.9. The fourth-order valence-corrected chi connectivity index (χ4v) is 4.84. The third-order valence-electron chi connectivity index (χ3n) is 7.00. The van der Waals surface area contributed by atoms with Gasteiger partial charge >= 0.3 is 0 Å². The molecule has 0 radical (unpaired) electrons. The maximum absolute atomic E-state index is 13.1. The summed E-state index contributed by atoms with van der Waals surface area (Å²) < 4.78 is 11.4. The van der Waals surface area contributed by atoms with Crippen LogP contribution in [0.2, 0.25) is 0 Å². The molecule has 0 aliphatic carbocycles. The van der Waals surface area contributed by atoms with E-state index in [0.717, 1.165) is 50.0 Å². The Labute approximate surface area is 222 Å². The van der Waals surface area contributed by atoms with Gasteiger partial charge in [-0.2, -0.15) is 0 Å². The molecule has 2 aromatic rings. The van der Waals surface area contributed by atoms with Crippen molar-refractivity contribution < 1.29 is 19.2 Å². The maximum atomic E-state index is 13.1. The summed E-state index contributed by atoms with van der Waals surface area (Å²) in [5.74, 6) is 1.78. The van der Waals surface area contributed by atoms with Crippen LogP contribution in [-0.2, 0) is 6.42 Å². The van der Waals surface area contributed by atoms with E-state index in [2.05, 4.69) is 43.5 Å². The first kappa shape index (κ1) is 29.2. The van der Waals surface area contributed by atoms with E-state index in [9.17, 15) is 9.90 Å². The largest absolute Gasteiger partial charge is 0.494 e. The second kappa shape index (κ2) is 14.0. The number of aliphatic hydroxyl groups is 1. The Morgan fingerprint density at radius 2 is 1.92 bits per heavy atom. The molecular weight excluding hydrogens is 466 g/mol. The second-order valence-electron chi connectivity index (χ2n) is 12.0. The average Bonchev–Trinajstić information content (AvgIpc) is 3.30. The number of amides is 1.